The normalized spacial score (nSPS) is 10.5. The fourth-order valence-corrected chi connectivity index (χ4v) is 3.60. The summed E-state index contributed by atoms with van der Waals surface area (Å²) in [7, 11) is 0. The van der Waals surface area contributed by atoms with E-state index >= 15 is 0 Å². The van der Waals surface area contributed by atoms with E-state index in [0.29, 0.717) is 45.5 Å². The first kappa shape index (κ1) is 26.7. The van der Waals surface area contributed by atoms with Crippen molar-refractivity contribution < 1.29 is 19.1 Å². The first-order valence-corrected chi connectivity index (χ1v) is 12.2. The summed E-state index contributed by atoms with van der Waals surface area (Å²) >= 11 is 0. The molecule has 0 heterocycles. The summed E-state index contributed by atoms with van der Waals surface area (Å²) in [5.41, 5.74) is 3.13. The summed E-state index contributed by atoms with van der Waals surface area (Å²) in [6, 6.07) is 30.5. The minimum Gasteiger partial charge on any atom is -0.458 e. The Morgan fingerprint density at radius 3 is 1.92 bits per heavy atom. The van der Waals surface area contributed by atoms with Crippen LogP contribution in [0, 0.1) is 6.92 Å². The summed E-state index contributed by atoms with van der Waals surface area (Å²) in [4.78, 5) is 24.6. The minimum atomic E-state index is -0.246. The fourth-order valence-electron chi connectivity index (χ4n) is 3.60. The molecule has 0 spiro atoms. The van der Waals surface area contributed by atoms with E-state index in [1.54, 1.807) is 78.9 Å². The average molecular weight is 517 g/mol. The molecule has 0 aliphatic rings. The standard InChI is InChI=1S/C33H28N2O4/c1-23-20-30(38-25(3)15-14-24(2)34-32(36)26-10-6-4-7-11-26)22-31(21-23)39-29-18-16-28(17-19-29)35-33(37)27-12-8-5-9-13-27/h4-22H,2-3H2,1H3,(H,34,36)(H,35,37)/b15-14-. The van der Waals surface area contributed by atoms with Crippen LogP contribution >= 0.6 is 0 Å². The molecule has 0 aliphatic carbocycles. The van der Waals surface area contributed by atoms with Gasteiger partial charge in [-0.25, -0.2) is 0 Å². The molecule has 0 saturated carbocycles. The number of hydrogen-bond donors (Lipinski definition) is 2. The molecule has 0 atom stereocenters. The number of rotatable bonds is 10. The van der Waals surface area contributed by atoms with Crippen molar-refractivity contribution in [1.82, 2.24) is 5.32 Å². The zero-order valence-corrected chi connectivity index (χ0v) is 21.5. The van der Waals surface area contributed by atoms with E-state index in [1.807, 2.05) is 43.3 Å². The third-order valence-electron chi connectivity index (χ3n) is 5.44. The number of carbonyl (C=O) groups excluding carboxylic acids is 2. The molecule has 4 aromatic carbocycles. The van der Waals surface area contributed by atoms with Gasteiger partial charge in [0.05, 0.1) is 0 Å². The molecule has 0 aliphatic heterocycles. The van der Waals surface area contributed by atoms with Crippen molar-refractivity contribution in [2.75, 3.05) is 5.32 Å². The van der Waals surface area contributed by atoms with Gasteiger partial charge >= 0.3 is 0 Å². The Labute approximate surface area is 227 Å². The number of amides is 2. The molecule has 4 rings (SSSR count). The van der Waals surface area contributed by atoms with Crippen LogP contribution in [0.1, 0.15) is 26.3 Å². The maximum absolute atomic E-state index is 12.4. The van der Waals surface area contributed by atoms with Gasteiger partial charge in [0.25, 0.3) is 11.8 Å². The van der Waals surface area contributed by atoms with Crippen molar-refractivity contribution in [2.45, 2.75) is 6.92 Å². The second-order valence-corrected chi connectivity index (χ2v) is 8.68. The predicted octanol–water partition coefficient (Wildman–Crippen LogP) is 7.43. The molecular weight excluding hydrogens is 488 g/mol. The summed E-state index contributed by atoms with van der Waals surface area (Å²) < 4.78 is 11.9. The lowest BCUT2D eigenvalue weighted by Crippen LogP contribution is -2.21. The first-order chi connectivity index (χ1) is 18.9. The second kappa shape index (κ2) is 12.7. The van der Waals surface area contributed by atoms with Crippen LogP contribution in [0.3, 0.4) is 0 Å². The van der Waals surface area contributed by atoms with Crippen LogP contribution in [0.4, 0.5) is 5.69 Å². The van der Waals surface area contributed by atoms with Gasteiger partial charge in [-0.1, -0.05) is 49.6 Å². The summed E-state index contributed by atoms with van der Waals surface area (Å²) in [6.07, 6.45) is 3.24. The Bertz CT molecular complexity index is 1510. The number of allylic oxidation sites excluding steroid dienone is 2. The summed E-state index contributed by atoms with van der Waals surface area (Å²) in [6.45, 7) is 9.70. The lowest BCUT2D eigenvalue weighted by atomic mass is 10.2. The second-order valence-electron chi connectivity index (χ2n) is 8.68. The monoisotopic (exact) mass is 516 g/mol. The molecule has 0 bridgehead atoms. The molecule has 4 aromatic rings. The van der Waals surface area contributed by atoms with E-state index < -0.39 is 0 Å². The van der Waals surface area contributed by atoms with Crippen LogP contribution < -0.4 is 20.1 Å². The van der Waals surface area contributed by atoms with E-state index in [0.717, 1.165) is 5.56 Å². The largest absolute Gasteiger partial charge is 0.458 e. The van der Waals surface area contributed by atoms with Gasteiger partial charge in [0.15, 0.2) is 0 Å². The lowest BCUT2D eigenvalue weighted by Gasteiger charge is -2.12. The lowest BCUT2D eigenvalue weighted by molar-refractivity contribution is 0.0966. The Morgan fingerprint density at radius 1 is 0.692 bits per heavy atom. The van der Waals surface area contributed by atoms with Crippen molar-refractivity contribution in [3.63, 3.8) is 0 Å². The van der Waals surface area contributed by atoms with Gasteiger partial charge in [-0.2, -0.15) is 0 Å². The number of nitrogens with one attached hydrogen (secondary N) is 2. The summed E-state index contributed by atoms with van der Waals surface area (Å²) in [5.74, 6) is 1.67. The van der Waals surface area contributed by atoms with Crippen LogP contribution in [0.15, 0.2) is 140 Å². The van der Waals surface area contributed by atoms with Gasteiger partial charge in [-0.15, -0.1) is 0 Å². The maximum Gasteiger partial charge on any atom is 0.255 e. The van der Waals surface area contributed by atoms with Gasteiger partial charge < -0.3 is 20.1 Å². The fraction of sp³-hybridized carbons (Fsp3) is 0.0303. The minimum absolute atomic E-state index is 0.179. The van der Waals surface area contributed by atoms with Crippen LogP contribution in [0.5, 0.6) is 17.2 Å². The molecule has 0 radical (unpaired) electrons. The number of benzene rings is 4. The van der Waals surface area contributed by atoms with Crippen molar-refractivity contribution in [3.8, 4) is 17.2 Å². The van der Waals surface area contributed by atoms with Crippen molar-refractivity contribution >= 4 is 17.5 Å². The molecule has 0 fully saturated rings. The van der Waals surface area contributed by atoms with Crippen LogP contribution in [0.25, 0.3) is 0 Å². The van der Waals surface area contributed by atoms with Gasteiger partial charge in [-0.05, 0) is 85.3 Å². The van der Waals surface area contributed by atoms with E-state index in [9.17, 15) is 9.59 Å². The molecule has 2 amide bonds. The third kappa shape index (κ3) is 8.06. The van der Waals surface area contributed by atoms with Gasteiger partial charge in [0.2, 0.25) is 0 Å². The molecule has 6 heteroatoms. The highest BCUT2D eigenvalue weighted by atomic mass is 16.5. The zero-order valence-electron chi connectivity index (χ0n) is 21.5. The van der Waals surface area contributed by atoms with Gasteiger partial charge in [-0.3, -0.25) is 9.59 Å². The zero-order chi connectivity index (χ0) is 27.6. The highest BCUT2D eigenvalue weighted by Crippen LogP contribution is 2.29. The van der Waals surface area contributed by atoms with Gasteiger partial charge in [0.1, 0.15) is 23.0 Å². The first-order valence-electron chi connectivity index (χ1n) is 12.2. The smallest absolute Gasteiger partial charge is 0.255 e. The van der Waals surface area contributed by atoms with E-state index in [4.69, 9.17) is 9.47 Å². The predicted molar refractivity (Wildman–Crippen MR) is 154 cm³/mol. The Hall–Kier alpha value is -5.36. The third-order valence-corrected chi connectivity index (χ3v) is 5.44. The van der Waals surface area contributed by atoms with Crippen LogP contribution in [-0.4, -0.2) is 11.8 Å². The van der Waals surface area contributed by atoms with Crippen molar-refractivity contribution in [1.29, 1.82) is 0 Å². The molecule has 0 aromatic heterocycles. The number of carbonyl (C=O) groups is 2. The van der Waals surface area contributed by atoms with E-state index in [2.05, 4.69) is 23.8 Å². The maximum atomic E-state index is 12.4. The molecule has 39 heavy (non-hydrogen) atoms. The van der Waals surface area contributed by atoms with Crippen molar-refractivity contribution in [3.05, 3.63) is 157 Å². The number of aryl methyl sites for hydroxylation is 1. The number of anilines is 1. The number of hydrogen-bond acceptors (Lipinski definition) is 4. The Kier molecular flexibility index (Phi) is 8.72. The van der Waals surface area contributed by atoms with Crippen LogP contribution in [0.2, 0.25) is 0 Å². The molecule has 6 nitrogen and oxygen atoms in total. The topological polar surface area (TPSA) is 76.7 Å². The molecule has 2 N–H and O–H groups in total. The highest BCUT2D eigenvalue weighted by molar-refractivity contribution is 6.04. The molecule has 194 valence electrons. The quantitative estimate of drug-likeness (QED) is 0.170. The van der Waals surface area contributed by atoms with E-state index in [-0.39, 0.29) is 11.8 Å². The van der Waals surface area contributed by atoms with Crippen molar-refractivity contribution in [2.24, 2.45) is 0 Å². The average Bonchev–Trinajstić information content (AvgIpc) is 2.93. The van der Waals surface area contributed by atoms with E-state index in [1.165, 1.54) is 0 Å². The van der Waals surface area contributed by atoms with Crippen LogP contribution in [-0.2, 0) is 0 Å². The number of ether oxygens (including phenoxy) is 2. The summed E-state index contributed by atoms with van der Waals surface area (Å²) in [5, 5.41) is 5.59. The SMILES string of the molecule is C=C(/C=C\C(=C)Oc1cc(C)cc(Oc2ccc(NC(=O)c3ccccc3)cc2)c1)NC(=O)c1ccccc1. The van der Waals surface area contributed by atoms with Gasteiger partial charge in [0, 0.05) is 28.6 Å². The molecular formula is C33H28N2O4. The highest BCUT2D eigenvalue weighted by Gasteiger charge is 2.08. The molecule has 0 saturated heterocycles. The molecule has 0 unspecified atom stereocenters. The Morgan fingerprint density at radius 2 is 1.28 bits per heavy atom. The Balaban J connectivity index is 1.32.